The Labute approximate surface area is 64.2 Å². The summed E-state index contributed by atoms with van der Waals surface area (Å²) in [5.74, 6) is -0.274. The van der Waals surface area contributed by atoms with E-state index in [1.807, 2.05) is 0 Å². The van der Waals surface area contributed by atoms with E-state index in [0.717, 1.165) is 0 Å². The van der Waals surface area contributed by atoms with Gasteiger partial charge in [-0.3, -0.25) is 0 Å². The molecule has 1 unspecified atom stereocenters. The molecule has 0 bridgehead atoms. The van der Waals surface area contributed by atoms with Crippen molar-refractivity contribution in [3.8, 4) is 0 Å². The zero-order valence-electron chi connectivity index (χ0n) is 6.17. The molecular weight excluding hydrogens is 154 g/mol. The number of halogens is 2. The van der Waals surface area contributed by atoms with Crippen LogP contribution < -0.4 is 0 Å². The molecule has 0 aromatic rings. The van der Waals surface area contributed by atoms with E-state index in [1.165, 1.54) is 0 Å². The highest BCUT2D eigenvalue weighted by Gasteiger charge is 2.28. The molecule has 11 heavy (non-hydrogen) atoms. The fourth-order valence-corrected chi connectivity index (χ4v) is 1.26. The Kier molecular flexibility index (Phi) is 3.20. The zero-order chi connectivity index (χ0) is 8.27. The van der Waals surface area contributed by atoms with E-state index in [4.69, 9.17) is 9.84 Å². The minimum absolute atomic E-state index is 0.274. The normalized spacial score (nSPS) is 24.0. The molecule has 1 N–H and O–H groups in total. The molecule has 1 aliphatic rings. The van der Waals surface area contributed by atoms with Crippen LogP contribution in [0, 0.1) is 5.92 Å². The molecule has 4 heteroatoms. The van der Waals surface area contributed by atoms with Crippen molar-refractivity contribution in [3.05, 3.63) is 0 Å². The summed E-state index contributed by atoms with van der Waals surface area (Å²) < 4.78 is 28.8. The molecule has 0 spiro atoms. The smallest absolute Gasteiger partial charge is 0.264 e. The van der Waals surface area contributed by atoms with Gasteiger partial charge in [-0.05, 0) is 18.8 Å². The molecule has 0 amide bonds. The van der Waals surface area contributed by atoms with Gasteiger partial charge >= 0.3 is 0 Å². The highest BCUT2D eigenvalue weighted by Crippen LogP contribution is 2.22. The van der Waals surface area contributed by atoms with E-state index in [9.17, 15) is 8.78 Å². The van der Waals surface area contributed by atoms with Crippen LogP contribution >= 0.6 is 0 Å². The molecule has 1 saturated heterocycles. The third-order valence-corrected chi connectivity index (χ3v) is 2.01. The van der Waals surface area contributed by atoms with Crippen LogP contribution in [0.5, 0.6) is 0 Å². The van der Waals surface area contributed by atoms with Crippen LogP contribution in [0.1, 0.15) is 12.8 Å². The van der Waals surface area contributed by atoms with Gasteiger partial charge in [-0.25, -0.2) is 8.78 Å². The fraction of sp³-hybridized carbons (Fsp3) is 1.00. The summed E-state index contributed by atoms with van der Waals surface area (Å²) in [4.78, 5) is 0. The molecule has 0 aliphatic carbocycles. The maximum absolute atomic E-state index is 11.9. The largest absolute Gasteiger partial charge is 0.387 e. The molecule has 0 saturated carbocycles. The first kappa shape index (κ1) is 8.87. The Balaban J connectivity index is 2.32. The second kappa shape index (κ2) is 3.97. The zero-order valence-corrected chi connectivity index (χ0v) is 6.17. The van der Waals surface area contributed by atoms with Gasteiger partial charge in [0.1, 0.15) is 6.10 Å². The van der Waals surface area contributed by atoms with Gasteiger partial charge in [0.05, 0.1) is 0 Å². The highest BCUT2D eigenvalue weighted by atomic mass is 19.3. The Morgan fingerprint density at radius 3 is 2.27 bits per heavy atom. The molecule has 1 rings (SSSR count). The fourth-order valence-electron chi connectivity index (χ4n) is 1.26. The van der Waals surface area contributed by atoms with E-state index in [-0.39, 0.29) is 5.92 Å². The van der Waals surface area contributed by atoms with Gasteiger partial charge in [0.2, 0.25) is 0 Å². The number of hydrogen-bond acceptors (Lipinski definition) is 2. The molecule has 1 atom stereocenters. The topological polar surface area (TPSA) is 29.5 Å². The molecule has 1 aliphatic heterocycles. The van der Waals surface area contributed by atoms with Gasteiger partial charge in [-0.1, -0.05) is 0 Å². The van der Waals surface area contributed by atoms with Crippen molar-refractivity contribution in [2.24, 2.45) is 5.92 Å². The van der Waals surface area contributed by atoms with E-state index in [2.05, 4.69) is 0 Å². The van der Waals surface area contributed by atoms with Crippen molar-refractivity contribution >= 4 is 0 Å². The summed E-state index contributed by atoms with van der Waals surface area (Å²) in [6.45, 7) is 0.989. The van der Waals surface area contributed by atoms with Crippen molar-refractivity contribution in [1.82, 2.24) is 0 Å². The van der Waals surface area contributed by atoms with Crippen molar-refractivity contribution in [3.63, 3.8) is 0 Å². The first-order valence-corrected chi connectivity index (χ1v) is 3.76. The Morgan fingerprint density at radius 2 is 1.82 bits per heavy atom. The number of hydrogen-bond donors (Lipinski definition) is 1. The van der Waals surface area contributed by atoms with Crippen LogP contribution in [0.3, 0.4) is 0 Å². The van der Waals surface area contributed by atoms with Gasteiger partial charge in [0, 0.05) is 13.2 Å². The molecule has 1 fully saturated rings. The van der Waals surface area contributed by atoms with E-state index in [1.54, 1.807) is 0 Å². The number of alkyl halides is 2. The molecule has 2 nitrogen and oxygen atoms in total. The molecule has 1 heterocycles. The van der Waals surface area contributed by atoms with Crippen molar-refractivity contribution in [2.75, 3.05) is 13.2 Å². The third kappa shape index (κ3) is 2.38. The maximum Gasteiger partial charge on any atom is 0.264 e. The van der Waals surface area contributed by atoms with Gasteiger partial charge in [-0.2, -0.15) is 0 Å². The van der Waals surface area contributed by atoms with Crippen LogP contribution in [0.4, 0.5) is 8.78 Å². The standard InChI is InChI=1S/C7H12F2O2/c8-7(9)6(10)5-1-3-11-4-2-5/h5-7,10H,1-4H2. The predicted molar refractivity (Wildman–Crippen MR) is 35.6 cm³/mol. The average Bonchev–Trinajstić information content (AvgIpc) is 2.05. The van der Waals surface area contributed by atoms with Crippen molar-refractivity contribution < 1.29 is 18.6 Å². The Morgan fingerprint density at radius 1 is 1.27 bits per heavy atom. The molecule has 0 aromatic carbocycles. The van der Waals surface area contributed by atoms with Gasteiger partial charge < -0.3 is 9.84 Å². The van der Waals surface area contributed by atoms with Crippen LogP contribution in [0.15, 0.2) is 0 Å². The second-order valence-corrected chi connectivity index (χ2v) is 2.77. The van der Waals surface area contributed by atoms with E-state index in [0.29, 0.717) is 26.1 Å². The lowest BCUT2D eigenvalue weighted by Gasteiger charge is -2.25. The molecule has 0 radical (unpaired) electrons. The lowest BCUT2D eigenvalue weighted by Crippen LogP contribution is -2.32. The summed E-state index contributed by atoms with van der Waals surface area (Å²) in [5.41, 5.74) is 0. The van der Waals surface area contributed by atoms with Gasteiger partial charge in [0.15, 0.2) is 0 Å². The van der Waals surface area contributed by atoms with Gasteiger partial charge in [0.25, 0.3) is 6.43 Å². The van der Waals surface area contributed by atoms with E-state index < -0.39 is 12.5 Å². The minimum atomic E-state index is -2.61. The van der Waals surface area contributed by atoms with Gasteiger partial charge in [-0.15, -0.1) is 0 Å². The summed E-state index contributed by atoms with van der Waals surface area (Å²) in [7, 11) is 0. The average molecular weight is 166 g/mol. The monoisotopic (exact) mass is 166 g/mol. The lowest BCUT2D eigenvalue weighted by molar-refractivity contribution is -0.0684. The summed E-state index contributed by atoms with van der Waals surface area (Å²) in [6, 6.07) is 0. The predicted octanol–water partition coefficient (Wildman–Crippen LogP) is 1.04. The summed E-state index contributed by atoms with van der Waals surface area (Å²) >= 11 is 0. The second-order valence-electron chi connectivity index (χ2n) is 2.77. The van der Waals surface area contributed by atoms with E-state index >= 15 is 0 Å². The first-order valence-electron chi connectivity index (χ1n) is 3.76. The maximum atomic E-state index is 11.9. The van der Waals surface area contributed by atoms with Crippen molar-refractivity contribution in [2.45, 2.75) is 25.4 Å². The van der Waals surface area contributed by atoms with Crippen LogP contribution in [-0.2, 0) is 4.74 Å². The number of aliphatic hydroxyl groups excluding tert-OH is 1. The van der Waals surface area contributed by atoms with Crippen LogP contribution in [0.2, 0.25) is 0 Å². The number of aliphatic hydroxyl groups is 1. The van der Waals surface area contributed by atoms with Crippen molar-refractivity contribution in [1.29, 1.82) is 0 Å². The van der Waals surface area contributed by atoms with Crippen LogP contribution in [-0.4, -0.2) is 30.8 Å². The summed E-state index contributed by atoms with van der Waals surface area (Å²) in [6.07, 6.45) is -2.98. The molecule has 0 aromatic heterocycles. The first-order chi connectivity index (χ1) is 5.22. The Hall–Kier alpha value is -0.220. The SMILES string of the molecule is OC(C(F)F)C1CCOCC1. The van der Waals surface area contributed by atoms with Crippen LogP contribution in [0.25, 0.3) is 0 Å². The summed E-state index contributed by atoms with van der Waals surface area (Å²) in [5, 5.41) is 8.95. The Bertz CT molecular complexity index is 113. The molecule has 66 valence electrons. The minimum Gasteiger partial charge on any atom is -0.387 e. The quantitative estimate of drug-likeness (QED) is 0.664. The highest BCUT2D eigenvalue weighted by molar-refractivity contribution is 4.73. The lowest BCUT2D eigenvalue weighted by atomic mass is 9.94. The third-order valence-electron chi connectivity index (χ3n) is 2.01. The number of rotatable bonds is 2. The number of ether oxygens (including phenoxy) is 1. The molecular formula is C7H12F2O2.